The number of ether oxygens (including phenoxy) is 1. The van der Waals surface area contributed by atoms with Crippen molar-refractivity contribution in [1.29, 1.82) is 0 Å². The lowest BCUT2D eigenvalue weighted by molar-refractivity contribution is -0.113. The van der Waals surface area contributed by atoms with Gasteiger partial charge >= 0.3 is 5.97 Å². The molecule has 1 N–H and O–H groups in total. The van der Waals surface area contributed by atoms with Gasteiger partial charge in [0.15, 0.2) is 0 Å². The molecule has 90 valence electrons. The van der Waals surface area contributed by atoms with Crippen LogP contribution in [0, 0.1) is 12.3 Å². The molecule has 0 aromatic carbocycles. The maximum Gasteiger partial charge on any atom is 0.354 e. The second kappa shape index (κ2) is 4.72. The van der Waals surface area contributed by atoms with E-state index in [1.165, 1.54) is 7.11 Å². The highest BCUT2D eigenvalue weighted by Gasteiger charge is 2.11. The molecule has 0 amide bonds. The summed E-state index contributed by atoms with van der Waals surface area (Å²) in [7, 11) is 1.30. The largest absolute Gasteiger partial charge is 0.464 e. The van der Waals surface area contributed by atoms with Gasteiger partial charge < -0.3 is 9.72 Å². The predicted octanol–water partition coefficient (Wildman–Crippen LogP) is 1.09. The van der Waals surface area contributed by atoms with E-state index >= 15 is 0 Å². The second-order valence-corrected chi connectivity index (χ2v) is 3.70. The van der Waals surface area contributed by atoms with Gasteiger partial charge in [-0.3, -0.25) is 4.79 Å². The number of fused-ring (bicyclic) bond motifs is 1. The molecule has 0 spiro atoms. The molecular formula is C13H10N2O3. The zero-order valence-corrected chi connectivity index (χ0v) is 9.69. The maximum absolute atomic E-state index is 11.3. The van der Waals surface area contributed by atoms with Crippen LogP contribution < -0.4 is 0 Å². The molecule has 0 atom stereocenters. The maximum atomic E-state index is 11.3. The van der Waals surface area contributed by atoms with Crippen molar-refractivity contribution in [3.63, 3.8) is 0 Å². The van der Waals surface area contributed by atoms with E-state index in [0.717, 1.165) is 5.39 Å². The summed E-state index contributed by atoms with van der Waals surface area (Å²) in [4.78, 5) is 29.4. The fourth-order valence-electron chi connectivity index (χ4n) is 1.61. The Balaban J connectivity index is 2.37. The molecule has 0 saturated heterocycles. The number of ketones is 1. The van der Waals surface area contributed by atoms with Gasteiger partial charge in [0, 0.05) is 18.0 Å². The zero-order chi connectivity index (χ0) is 13.1. The minimum absolute atomic E-state index is 0.137. The lowest BCUT2D eigenvalue weighted by atomic mass is 10.1. The number of H-pyrrole nitrogens is 1. The Morgan fingerprint density at radius 1 is 1.50 bits per heavy atom. The standard InChI is InChI=1S/C13H10N2O3/c1-3-10(16)5-8-4-9-6-11(13(17)18-2)15-12(9)14-7-8/h1,4,6-7H,5H2,2H3,(H,14,15). The Hall–Kier alpha value is -2.61. The first-order valence-electron chi connectivity index (χ1n) is 5.19. The van der Waals surface area contributed by atoms with Gasteiger partial charge in [-0.05, 0) is 23.6 Å². The van der Waals surface area contributed by atoms with Crippen LogP contribution >= 0.6 is 0 Å². The SMILES string of the molecule is C#CC(=O)Cc1cnc2[nH]c(C(=O)OC)cc2c1. The monoisotopic (exact) mass is 242 g/mol. The van der Waals surface area contributed by atoms with Crippen LogP contribution in [0.5, 0.6) is 0 Å². The van der Waals surface area contributed by atoms with Crippen LogP contribution in [-0.4, -0.2) is 28.8 Å². The number of hydrogen-bond donors (Lipinski definition) is 1. The van der Waals surface area contributed by atoms with Crippen molar-refractivity contribution in [3.05, 3.63) is 29.6 Å². The van der Waals surface area contributed by atoms with Gasteiger partial charge in [-0.1, -0.05) is 0 Å². The average Bonchev–Trinajstić information content (AvgIpc) is 2.80. The van der Waals surface area contributed by atoms with Crippen LogP contribution in [0.3, 0.4) is 0 Å². The van der Waals surface area contributed by atoms with Gasteiger partial charge in [-0.2, -0.15) is 0 Å². The molecule has 0 aliphatic heterocycles. The number of nitrogens with zero attached hydrogens (tertiary/aromatic N) is 1. The quantitative estimate of drug-likeness (QED) is 0.497. The van der Waals surface area contributed by atoms with Crippen molar-refractivity contribution < 1.29 is 14.3 Å². The number of hydrogen-bond acceptors (Lipinski definition) is 4. The van der Waals surface area contributed by atoms with E-state index in [4.69, 9.17) is 6.42 Å². The molecule has 5 nitrogen and oxygen atoms in total. The summed E-state index contributed by atoms with van der Waals surface area (Å²) >= 11 is 0. The summed E-state index contributed by atoms with van der Waals surface area (Å²) in [6.45, 7) is 0. The predicted molar refractivity (Wildman–Crippen MR) is 65.0 cm³/mol. The van der Waals surface area contributed by atoms with Gasteiger partial charge in [0.2, 0.25) is 5.78 Å². The molecular weight excluding hydrogens is 232 g/mol. The molecule has 0 radical (unpaired) electrons. The molecule has 0 aliphatic rings. The van der Waals surface area contributed by atoms with Crippen LogP contribution in [-0.2, 0) is 16.0 Å². The number of Topliss-reactive ketones (excluding diaryl/α,β-unsaturated/α-hetero) is 1. The van der Waals surface area contributed by atoms with E-state index in [1.54, 1.807) is 18.3 Å². The lowest BCUT2D eigenvalue weighted by Gasteiger charge is -1.96. The van der Waals surface area contributed by atoms with E-state index in [0.29, 0.717) is 16.9 Å². The van der Waals surface area contributed by atoms with E-state index < -0.39 is 5.97 Å². The Morgan fingerprint density at radius 3 is 2.94 bits per heavy atom. The van der Waals surface area contributed by atoms with Crippen molar-refractivity contribution in [2.75, 3.05) is 7.11 Å². The lowest BCUT2D eigenvalue weighted by Crippen LogP contribution is -2.00. The zero-order valence-electron chi connectivity index (χ0n) is 9.69. The third-order valence-corrected chi connectivity index (χ3v) is 2.46. The number of aromatic nitrogens is 2. The Morgan fingerprint density at radius 2 is 2.28 bits per heavy atom. The summed E-state index contributed by atoms with van der Waals surface area (Å²) in [5.41, 5.74) is 1.59. The number of methoxy groups -OCH3 is 1. The third kappa shape index (κ3) is 2.23. The van der Waals surface area contributed by atoms with Gasteiger partial charge in [0.25, 0.3) is 0 Å². The first kappa shape index (κ1) is 11.9. The van der Waals surface area contributed by atoms with Gasteiger partial charge in [-0.25, -0.2) is 9.78 Å². The molecule has 0 saturated carbocycles. The van der Waals surface area contributed by atoms with E-state index in [9.17, 15) is 9.59 Å². The minimum atomic E-state index is -0.464. The van der Waals surface area contributed by atoms with E-state index in [2.05, 4.69) is 14.7 Å². The van der Waals surface area contributed by atoms with Crippen molar-refractivity contribution in [2.24, 2.45) is 0 Å². The number of nitrogens with one attached hydrogen (secondary N) is 1. The number of carbonyl (C=O) groups is 2. The number of rotatable bonds is 3. The van der Waals surface area contributed by atoms with E-state index in [1.807, 2.05) is 5.92 Å². The second-order valence-electron chi connectivity index (χ2n) is 3.70. The van der Waals surface area contributed by atoms with Crippen molar-refractivity contribution >= 4 is 22.8 Å². The van der Waals surface area contributed by atoms with Gasteiger partial charge in [0.05, 0.1) is 7.11 Å². The van der Waals surface area contributed by atoms with Gasteiger partial charge in [0.1, 0.15) is 11.3 Å². The number of carbonyl (C=O) groups excluding carboxylic acids is 2. The number of esters is 1. The minimum Gasteiger partial charge on any atom is -0.464 e. The van der Waals surface area contributed by atoms with Gasteiger partial charge in [-0.15, -0.1) is 6.42 Å². The Kier molecular flexibility index (Phi) is 3.11. The first-order valence-corrected chi connectivity index (χ1v) is 5.19. The molecule has 2 rings (SSSR count). The molecule has 2 aromatic heterocycles. The Bertz CT molecular complexity index is 664. The number of terminal acetylenes is 1. The topological polar surface area (TPSA) is 72.0 Å². The average molecular weight is 242 g/mol. The van der Waals surface area contributed by atoms with Crippen molar-refractivity contribution in [2.45, 2.75) is 6.42 Å². The summed E-state index contributed by atoms with van der Waals surface area (Å²) < 4.78 is 4.60. The fraction of sp³-hybridized carbons (Fsp3) is 0.154. The summed E-state index contributed by atoms with van der Waals surface area (Å²) in [5, 5.41) is 0.734. The first-order chi connectivity index (χ1) is 8.63. The number of aromatic amines is 1. The highest BCUT2D eigenvalue weighted by atomic mass is 16.5. The summed E-state index contributed by atoms with van der Waals surface area (Å²) in [6.07, 6.45) is 6.69. The van der Waals surface area contributed by atoms with Crippen LogP contribution in [0.4, 0.5) is 0 Å². The Labute approximate surface area is 103 Å². The molecule has 2 aromatic rings. The molecule has 0 aliphatic carbocycles. The summed E-state index contributed by atoms with van der Waals surface area (Å²) in [6, 6.07) is 3.39. The number of pyridine rings is 1. The van der Waals surface area contributed by atoms with Crippen LogP contribution in [0.15, 0.2) is 18.3 Å². The van der Waals surface area contributed by atoms with Crippen molar-refractivity contribution in [3.8, 4) is 12.3 Å². The van der Waals surface area contributed by atoms with E-state index in [-0.39, 0.29) is 12.2 Å². The highest BCUT2D eigenvalue weighted by molar-refractivity contribution is 5.97. The fourth-order valence-corrected chi connectivity index (χ4v) is 1.61. The molecule has 5 heteroatoms. The molecule has 0 bridgehead atoms. The highest BCUT2D eigenvalue weighted by Crippen LogP contribution is 2.15. The van der Waals surface area contributed by atoms with Crippen LogP contribution in [0.2, 0.25) is 0 Å². The van der Waals surface area contributed by atoms with Crippen molar-refractivity contribution in [1.82, 2.24) is 9.97 Å². The molecule has 2 heterocycles. The molecule has 0 unspecified atom stereocenters. The van der Waals surface area contributed by atoms with Crippen LogP contribution in [0.1, 0.15) is 16.1 Å². The molecule has 0 fully saturated rings. The smallest absolute Gasteiger partial charge is 0.354 e. The summed E-state index contributed by atoms with van der Waals surface area (Å²) in [5.74, 6) is 1.28. The normalized spacial score (nSPS) is 10.0. The van der Waals surface area contributed by atoms with Crippen LogP contribution in [0.25, 0.3) is 11.0 Å². The molecule has 18 heavy (non-hydrogen) atoms. The third-order valence-electron chi connectivity index (χ3n) is 2.46.